The van der Waals surface area contributed by atoms with Gasteiger partial charge in [0.2, 0.25) is 0 Å². The fourth-order valence-corrected chi connectivity index (χ4v) is 2.04. The van der Waals surface area contributed by atoms with Gasteiger partial charge in [0.1, 0.15) is 11.9 Å². The van der Waals surface area contributed by atoms with Gasteiger partial charge < -0.3 is 19.2 Å². The molecule has 0 unspecified atom stereocenters. The lowest BCUT2D eigenvalue weighted by molar-refractivity contribution is -0.122. The molecular weight excluding hydrogens is 234 g/mol. The molecule has 1 rings (SSSR count). The summed E-state index contributed by atoms with van der Waals surface area (Å²) >= 11 is 0. The van der Waals surface area contributed by atoms with Crippen molar-refractivity contribution in [2.24, 2.45) is 5.41 Å². The lowest BCUT2D eigenvalue weighted by Gasteiger charge is -2.38. The van der Waals surface area contributed by atoms with Crippen molar-refractivity contribution < 1.29 is 19.1 Å². The van der Waals surface area contributed by atoms with Crippen molar-refractivity contribution in [3.05, 3.63) is 0 Å². The summed E-state index contributed by atoms with van der Waals surface area (Å²) in [5.41, 5.74) is -0.921. The SMILES string of the molecule is COCC1(C=O)CCN(C(=O)OC(C)(C)C)CC1. The Balaban J connectivity index is 2.53. The van der Waals surface area contributed by atoms with E-state index in [1.165, 1.54) is 0 Å². The van der Waals surface area contributed by atoms with Gasteiger partial charge in [-0.2, -0.15) is 0 Å². The number of aldehydes is 1. The fraction of sp³-hybridized carbons (Fsp3) is 0.846. The largest absolute Gasteiger partial charge is 0.444 e. The Hall–Kier alpha value is -1.10. The van der Waals surface area contributed by atoms with Crippen LogP contribution in [0.3, 0.4) is 0 Å². The van der Waals surface area contributed by atoms with Crippen molar-refractivity contribution in [3.8, 4) is 0 Å². The first-order valence-corrected chi connectivity index (χ1v) is 6.25. The van der Waals surface area contributed by atoms with Crippen molar-refractivity contribution in [2.45, 2.75) is 39.2 Å². The number of carbonyl (C=O) groups is 2. The number of amides is 1. The topological polar surface area (TPSA) is 55.8 Å². The number of likely N-dealkylation sites (tertiary alicyclic amines) is 1. The summed E-state index contributed by atoms with van der Waals surface area (Å²) in [6, 6.07) is 0. The van der Waals surface area contributed by atoms with Crippen molar-refractivity contribution in [2.75, 3.05) is 26.8 Å². The number of rotatable bonds is 3. The highest BCUT2D eigenvalue weighted by molar-refractivity contribution is 5.69. The molecule has 1 aliphatic rings. The quantitative estimate of drug-likeness (QED) is 0.724. The molecule has 0 spiro atoms. The highest BCUT2D eigenvalue weighted by Crippen LogP contribution is 2.30. The Morgan fingerprint density at radius 3 is 2.28 bits per heavy atom. The standard InChI is InChI=1S/C13H23NO4/c1-12(2,3)18-11(16)14-7-5-13(9-15,6-8-14)10-17-4/h9H,5-8,10H2,1-4H3. The van der Waals surface area contributed by atoms with Crippen molar-refractivity contribution in [1.29, 1.82) is 0 Å². The van der Waals surface area contributed by atoms with Crippen LogP contribution in [0.25, 0.3) is 0 Å². The molecule has 0 radical (unpaired) electrons. The van der Waals surface area contributed by atoms with Gasteiger partial charge in [0, 0.05) is 20.2 Å². The zero-order valence-electron chi connectivity index (χ0n) is 11.7. The average Bonchev–Trinajstić information content (AvgIpc) is 2.28. The maximum absolute atomic E-state index is 11.9. The highest BCUT2D eigenvalue weighted by atomic mass is 16.6. The van der Waals surface area contributed by atoms with Gasteiger partial charge >= 0.3 is 6.09 Å². The summed E-state index contributed by atoms with van der Waals surface area (Å²) < 4.78 is 10.4. The molecule has 18 heavy (non-hydrogen) atoms. The molecule has 0 N–H and O–H groups in total. The van der Waals surface area contributed by atoms with Crippen LogP contribution in [0.5, 0.6) is 0 Å². The first-order valence-electron chi connectivity index (χ1n) is 6.25. The molecule has 5 heteroatoms. The Morgan fingerprint density at radius 2 is 1.89 bits per heavy atom. The van der Waals surface area contributed by atoms with Gasteiger partial charge in [0.15, 0.2) is 0 Å². The van der Waals surface area contributed by atoms with Crippen LogP contribution in [0.2, 0.25) is 0 Å². The molecule has 1 aliphatic heterocycles. The minimum atomic E-state index is -0.483. The lowest BCUT2D eigenvalue weighted by Crippen LogP contribution is -2.47. The summed E-state index contributed by atoms with van der Waals surface area (Å²) in [5.74, 6) is 0. The van der Waals surface area contributed by atoms with Gasteiger partial charge in [0.25, 0.3) is 0 Å². The van der Waals surface area contributed by atoms with Gasteiger partial charge in [-0.15, -0.1) is 0 Å². The lowest BCUT2D eigenvalue weighted by atomic mass is 9.81. The average molecular weight is 257 g/mol. The number of carbonyl (C=O) groups excluding carboxylic acids is 2. The van der Waals surface area contributed by atoms with E-state index in [-0.39, 0.29) is 6.09 Å². The molecule has 0 aromatic carbocycles. The number of nitrogens with zero attached hydrogens (tertiary/aromatic N) is 1. The first kappa shape index (κ1) is 15.0. The van der Waals surface area contributed by atoms with E-state index in [9.17, 15) is 9.59 Å². The zero-order valence-corrected chi connectivity index (χ0v) is 11.7. The molecule has 1 heterocycles. The molecule has 1 saturated heterocycles. The van der Waals surface area contributed by atoms with E-state index in [2.05, 4.69) is 0 Å². The highest BCUT2D eigenvalue weighted by Gasteiger charge is 2.37. The second-order valence-electron chi connectivity index (χ2n) is 5.88. The number of hydrogen-bond acceptors (Lipinski definition) is 4. The van der Waals surface area contributed by atoms with Gasteiger partial charge in [-0.05, 0) is 33.6 Å². The zero-order chi connectivity index (χ0) is 13.8. The Bertz CT molecular complexity index is 301. The molecule has 0 bridgehead atoms. The molecule has 5 nitrogen and oxygen atoms in total. The molecule has 104 valence electrons. The van der Waals surface area contributed by atoms with E-state index in [1.54, 1.807) is 12.0 Å². The molecule has 0 atom stereocenters. The molecular formula is C13H23NO4. The normalized spacial score (nSPS) is 19.4. The molecule has 1 fully saturated rings. The van der Waals surface area contributed by atoms with Crippen LogP contribution >= 0.6 is 0 Å². The van der Waals surface area contributed by atoms with Crippen LogP contribution in [0.1, 0.15) is 33.6 Å². The van der Waals surface area contributed by atoms with Crippen LogP contribution in [0, 0.1) is 5.41 Å². The Morgan fingerprint density at radius 1 is 1.33 bits per heavy atom. The van der Waals surface area contributed by atoms with E-state index in [0.29, 0.717) is 32.5 Å². The molecule has 0 saturated carbocycles. The maximum atomic E-state index is 11.9. The number of ether oxygens (including phenoxy) is 2. The maximum Gasteiger partial charge on any atom is 0.410 e. The van der Waals surface area contributed by atoms with Crippen molar-refractivity contribution in [3.63, 3.8) is 0 Å². The van der Waals surface area contributed by atoms with Crippen LogP contribution < -0.4 is 0 Å². The summed E-state index contributed by atoms with van der Waals surface area (Å²) in [6.45, 7) is 7.02. The van der Waals surface area contributed by atoms with Crippen LogP contribution in [0.15, 0.2) is 0 Å². The predicted octanol–water partition coefficient (Wildman–Crippen LogP) is 1.85. The van der Waals surface area contributed by atoms with E-state index >= 15 is 0 Å². The fourth-order valence-electron chi connectivity index (χ4n) is 2.04. The van der Waals surface area contributed by atoms with Gasteiger partial charge in [0.05, 0.1) is 12.0 Å². The Labute approximate surface area is 108 Å². The van der Waals surface area contributed by atoms with Crippen LogP contribution in [-0.4, -0.2) is 49.7 Å². The summed E-state index contributed by atoms with van der Waals surface area (Å²) in [7, 11) is 1.59. The monoisotopic (exact) mass is 257 g/mol. The molecule has 1 amide bonds. The smallest absolute Gasteiger partial charge is 0.410 e. The van der Waals surface area contributed by atoms with Crippen molar-refractivity contribution >= 4 is 12.4 Å². The van der Waals surface area contributed by atoms with Gasteiger partial charge in [-0.3, -0.25) is 0 Å². The van der Waals surface area contributed by atoms with E-state index in [0.717, 1.165) is 6.29 Å². The summed E-state index contributed by atoms with van der Waals surface area (Å²) in [4.78, 5) is 24.7. The number of hydrogen-bond donors (Lipinski definition) is 0. The first-order chi connectivity index (χ1) is 8.32. The van der Waals surface area contributed by atoms with Crippen LogP contribution in [0.4, 0.5) is 4.79 Å². The van der Waals surface area contributed by atoms with E-state index in [4.69, 9.17) is 9.47 Å². The molecule has 0 aromatic rings. The minimum Gasteiger partial charge on any atom is -0.444 e. The number of methoxy groups -OCH3 is 1. The third-order valence-corrected chi connectivity index (χ3v) is 3.09. The molecule has 0 aromatic heterocycles. The van der Waals surface area contributed by atoms with Crippen LogP contribution in [-0.2, 0) is 14.3 Å². The van der Waals surface area contributed by atoms with E-state index in [1.807, 2.05) is 20.8 Å². The third kappa shape index (κ3) is 3.98. The summed E-state index contributed by atoms with van der Waals surface area (Å²) in [5, 5.41) is 0. The van der Waals surface area contributed by atoms with Crippen molar-refractivity contribution in [1.82, 2.24) is 4.90 Å². The Kier molecular flexibility index (Phi) is 4.73. The van der Waals surface area contributed by atoms with E-state index < -0.39 is 11.0 Å². The number of piperidine rings is 1. The minimum absolute atomic E-state index is 0.306. The van der Waals surface area contributed by atoms with Gasteiger partial charge in [-0.25, -0.2) is 4.79 Å². The molecule has 0 aliphatic carbocycles. The third-order valence-electron chi connectivity index (χ3n) is 3.09. The van der Waals surface area contributed by atoms with Gasteiger partial charge in [-0.1, -0.05) is 0 Å². The predicted molar refractivity (Wildman–Crippen MR) is 67.4 cm³/mol. The second kappa shape index (κ2) is 5.69. The second-order valence-corrected chi connectivity index (χ2v) is 5.88. The summed E-state index contributed by atoms with van der Waals surface area (Å²) in [6.07, 6.45) is 1.91.